The van der Waals surface area contributed by atoms with Crippen LogP contribution < -0.4 is 5.32 Å². The zero-order chi connectivity index (χ0) is 21.5. The lowest BCUT2D eigenvalue weighted by Gasteiger charge is -2.26. The molecule has 170 valence electrons. The molecule has 31 heavy (non-hydrogen) atoms. The van der Waals surface area contributed by atoms with E-state index >= 15 is 0 Å². The smallest absolute Gasteiger partial charge is 0.274 e. The number of carbonyl (C=O) groups excluding carboxylic acids is 1. The van der Waals surface area contributed by atoms with Crippen LogP contribution in [0.4, 0.5) is 0 Å². The Morgan fingerprint density at radius 2 is 1.81 bits per heavy atom. The number of nitrogens with zero attached hydrogens (tertiary/aromatic N) is 4. The van der Waals surface area contributed by atoms with Crippen molar-refractivity contribution < 1.29 is 9.53 Å². The Morgan fingerprint density at radius 3 is 2.58 bits per heavy atom. The molecule has 2 aromatic heterocycles. The highest BCUT2D eigenvalue weighted by molar-refractivity contribution is 6.30. The van der Waals surface area contributed by atoms with Crippen molar-refractivity contribution in [2.24, 2.45) is 0 Å². The average molecular weight is 448 g/mol. The molecule has 2 aliphatic heterocycles. The average Bonchev–Trinajstić information content (AvgIpc) is 3.11. The van der Waals surface area contributed by atoms with Crippen LogP contribution in [0.2, 0.25) is 5.02 Å². The summed E-state index contributed by atoms with van der Waals surface area (Å²) in [7, 11) is 0. The summed E-state index contributed by atoms with van der Waals surface area (Å²) in [5.41, 5.74) is 2.23. The number of rotatable bonds is 7. The Hall–Kier alpha value is -1.67. The second-order valence-electron chi connectivity index (χ2n) is 8.53. The van der Waals surface area contributed by atoms with Crippen LogP contribution >= 0.6 is 11.6 Å². The number of amides is 1. The predicted octanol–water partition coefficient (Wildman–Crippen LogP) is 3.21. The van der Waals surface area contributed by atoms with E-state index in [1.165, 1.54) is 19.3 Å². The number of carbonyl (C=O) groups is 1. The topological polar surface area (TPSA) is 62.1 Å². The molecule has 0 spiro atoms. The summed E-state index contributed by atoms with van der Waals surface area (Å²) in [6, 6.07) is 3.71. The van der Waals surface area contributed by atoms with E-state index < -0.39 is 0 Å². The molecule has 8 heteroatoms. The van der Waals surface area contributed by atoms with Gasteiger partial charge in [-0.3, -0.25) is 9.69 Å². The normalized spacial score (nSPS) is 18.8. The number of imidazole rings is 1. The van der Waals surface area contributed by atoms with Crippen LogP contribution in [0.3, 0.4) is 0 Å². The van der Waals surface area contributed by atoms with E-state index in [9.17, 15) is 4.79 Å². The Balaban J connectivity index is 1.43. The highest BCUT2D eigenvalue weighted by Gasteiger charge is 2.24. The lowest BCUT2D eigenvalue weighted by Crippen LogP contribution is -2.37. The fourth-order valence-corrected chi connectivity index (χ4v) is 4.63. The molecule has 1 N–H and O–H groups in total. The third-order valence-electron chi connectivity index (χ3n) is 6.25. The van der Waals surface area contributed by atoms with Gasteiger partial charge in [-0.15, -0.1) is 0 Å². The van der Waals surface area contributed by atoms with Crippen molar-refractivity contribution >= 4 is 23.2 Å². The van der Waals surface area contributed by atoms with Crippen molar-refractivity contribution in [2.75, 3.05) is 52.5 Å². The molecule has 2 aliphatic rings. The highest BCUT2D eigenvalue weighted by Crippen LogP contribution is 2.20. The fourth-order valence-electron chi connectivity index (χ4n) is 4.47. The van der Waals surface area contributed by atoms with E-state index in [1.54, 1.807) is 0 Å². The van der Waals surface area contributed by atoms with Crippen LogP contribution in [0, 0.1) is 0 Å². The van der Waals surface area contributed by atoms with Crippen molar-refractivity contribution in [1.29, 1.82) is 0 Å². The molecule has 0 unspecified atom stereocenters. The van der Waals surface area contributed by atoms with Gasteiger partial charge in [0, 0.05) is 38.9 Å². The minimum atomic E-state index is 0.0480. The first-order chi connectivity index (χ1) is 15.2. The molecule has 0 aromatic carbocycles. The molecule has 2 fully saturated rings. The van der Waals surface area contributed by atoms with Crippen molar-refractivity contribution in [1.82, 2.24) is 24.5 Å². The minimum Gasteiger partial charge on any atom is -0.379 e. The number of likely N-dealkylation sites (tertiary alicyclic amines) is 1. The number of morpholine rings is 1. The second-order valence-corrected chi connectivity index (χ2v) is 8.96. The highest BCUT2D eigenvalue weighted by atomic mass is 35.5. The molecule has 0 saturated carbocycles. The Labute approximate surface area is 189 Å². The molecule has 1 amide bonds. The summed E-state index contributed by atoms with van der Waals surface area (Å²) in [4.78, 5) is 22.5. The van der Waals surface area contributed by atoms with Gasteiger partial charge >= 0.3 is 0 Å². The molecule has 4 heterocycles. The van der Waals surface area contributed by atoms with E-state index in [-0.39, 0.29) is 5.91 Å². The Bertz CT molecular complexity index is 857. The van der Waals surface area contributed by atoms with Gasteiger partial charge in [-0.1, -0.05) is 30.9 Å². The van der Waals surface area contributed by atoms with Crippen LogP contribution in [0.15, 0.2) is 18.3 Å². The fraction of sp³-hybridized carbons (Fsp3) is 0.652. The van der Waals surface area contributed by atoms with Crippen LogP contribution in [0.5, 0.6) is 0 Å². The van der Waals surface area contributed by atoms with Gasteiger partial charge in [0.25, 0.3) is 5.91 Å². The molecule has 2 saturated heterocycles. The number of aromatic nitrogens is 2. The van der Waals surface area contributed by atoms with E-state index in [0.717, 1.165) is 83.1 Å². The van der Waals surface area contributed by atoms with Crippen LogP contribution in [0.25, 0.3) is 5.65 Å². The van der Waals surface area contributed by atoms with Crippen molar-refractivity contribution in [3.63, 3.8) is 0 Å². The first-order valence-electron chi connectivity index (χ1n) is 11.7. The largest absolute Gasteiger partial charge is 0.379 e. The number of hydrogen-bond donors (Lipinski definition) is 1. The third-order valence-corrected chi connectivity index (χ3v) is 6.47. The quantitative estimate of drug-likeness (QED) is 0.660. The van der Waals surface area contributed by atoms with Gasteiger partial charge in [0.1, 0.15) is 5.65 Å². The third kappa shape index (κ3) is 5.98. The van der Waals surface area contributed by atoms with Crippen LogP contribution in [-0.2, 0) is 11.3 Å². The van der Waals surface area contributed by atoms with Gasteiger partial charge in [0.05, 0.1) is 23.9 Å². The van der Waals surface area contributed by atoms with E-state index in [0.29, 0.717) is 17.3 Å². The van der Waals surface area contributed by atoms with Crippen LogP contribution in [0.1, 0.15) is 54.7 Å². The van der Waals surface area contributed by atoms with Gasteiger partial charge in [-0.25, -0.2) is 4.98 Å². The lowest BCUT2D eigenvalue weighted by molar-refractivity contribution is 0.0374. The maximum Gasteiger partial charge on any atom is 0.274 e. The summed E-state index contributed by atoms with van der Waals surface area (Å²) < 4.78 is 7.38. The van der Waals surface area contributed by atoms with Crippen molar-refractivity contribution in [3.05, 3.63) is 34.7 Å². The molecule has 4 rings (SSSR count). The Morgan fingerprint density at radius 1 is 1.06 bits per heavy atom. The summed E-state index contributed by atoms with van der Waals surface area (Å²) in [6.45, 7) is 7.88. The van der Waals surface area contributed by atoms with Crippen molar-refractivity contribution in [2.45, 2.75) is 45.1 Å². The SMILES string of the molecule is O=C(c1nc2ccc(Cl)cn2c1CNCCCN1CCOCC1)N1CCCCCCC1. The van der Waals surface area contributed by atoms with E-state index in [2.05, 4.69) is 10.2 Å². The summed E-state index contributed by atoms with van der Waals surface area (Å²) in [5.74, 6) is 0.0480. The van der Waals surface area contributed by atoms with Gasteiger partial charge in [0.2, 0.25) is 0 Å². The number of halogens is 1. The first-order valence-corrected chi connectivity index (χ1v) is 12.1. The monoisotopic (exact) mass is 447 g/mol. The van der Waals surface area contributed by atoms with Gasteiger partial charge in [-0.2, -0.15) is 0 Å². The maximum absolute atomic E-state index is 13.4. The molecular weight excluding hydrogens is 414 g/mol. The second kappa shape index (κ2) is 11.3. The molecule has 0 atom stereocenters. The zero-order valence-electron chi connectivity index (χ0n) is 18.3. The number of fused-ring (bicyclic) bond motifs is 1. The molecule has 7 nitrogen and oxygen atoms in total. The first kappa shape index (κ1) is 22.5. The lowest BCUT2D eigenvalue weighted by atomic mass is 10.1. The maximum atomic E-state index is 13.4. The number of nitrogens with one attached hydrogen (secondary N) is 1. The summed E-state index contributed by atoms with van der Waals surface area (Å²) >= 11 is 6.26. The minimum absolute atomic E-state index is 0.0480. The van der Waals surface area contributed by atoms with Crippen LogP contribution in [-0.4, -0.2) is 77.6 Å². The van der Waals surface area contributed by atoms with E-state index in [4.69, 9.17) is 21.3 Å². The molecule has 2 aromatic rings. The summed E-state index contributed by atoms with van der Waals surface area (Å²) in [6.07, 6.45) is 8.73. The van der Waals surface area contributed by atoms with Gasteiger partial charge < -0.3 is 19.4 Å². The van der Waals surface area contributed by atoms with E-state index in [1.807, 2.05) is 27.6 Å². The molecule has 0 radical (unpaired) electrons. The standard InChI is InChI=1S/C23H34ClN5O2/c24-19-7-8-21-26-22(23(30)28-11-4-2-1-3-5-12-28)20(29(21)18-19)17-25-9-6-10-27-13-15-31-16-14-27/h7-8,18,25H,1-6,9-17H2. The molecular formula is C23H34ClN5O2. The number of pyridine rings is 1. The molecule has 0 bridgehead atoms. The number of ether oxygens (including phenoxy) is 1. The predicted molar refractivity (Wildman–Crippen MR) is 123 cm³/mol. The molecule has 0 aliphatic carbocycles. The van der Waals surface area contributed by atoms with Gasteiger partial charge in [-0.05, 0) is 44.5 Å². The Kier molecular flexibility index (Phi) is 8.19. The number of hydrogen-bond acceptors (Lipinski definition) is 5. The summed E-state index contributed by atoms with van der Waals surface area (Å²) in [5, 5.41) is 4.17. The van der Waals surface area contributed by atoms with Crippen molar-refractivity contribution in [3.8, 4) is 0 Å². The van der Waals surface area contributed by atoms with Gasteiger partial charge in [0.15, 0.2) is 5.69 Å². The zero-order valence-corrected chi connectivity index (χ0v) is 19.1.